The quantitative estimate of drug-likeness (QED) is 0.152. The van der Waals surface area contributed by atoms with Crippen LogP contribution in [0.2, 0.25) is 0 Å². The standard InChI is InChI=1S/C72H48N2Si/c1-45-21-17-30-52-63(73-59-35-13-9-26-48(59)49-27-10-14-36-60(49)73)43-41-57(67(45)52)72-56-34-20-40-66-70(56)69-55(33-19-39-65(69)75(66,46-22-5-3-6-23-46)47-24-7-4-8-25-47)71(72,2)54-32-18-31-53-64(44-42-58(72)68(53)54)74-61-37-15-11-28-50(61)51-29-12-16-38-62(51)74/h3-44H,1-2H3. The van der Waals surface area contributed by atoms with Gasteiger partial charge in [0.25, 0.3) is 0 Å². The van der Waals surface area contributed by atoms with Crippen molar-refractivity contribution in [3.05, 3.63) is 288 Å². The fourth-order valence-electron chi connectivity index (χ4n) is 15.9. The van der Waals surface area contributed by atoms with E-state index in [-0.39, 0.29) is 0 Å². The molecule has 2 aromatic heterocycles. The molecular formula is C72H48N2Si. The van der Waals surface area contributed by atoms with Gasteiger partial charge in [-0.05, 0) is 126 Å². The molecule has 0 bridgehead atoms. The second-order valence-corrected chi connectivity index (χ2v) is 25.3. The Kier molecular flexibility index (Phi) is 8.07. The van der Waals surface area contributed by atoms with Gasteiger partial charge in [-0.3, -0.25) is 0 Å². The Balaban J connectivity index is 1.06. The summed E-state index contributed by atoms with van der Waals surface area (Å²) in [7, 11) is -2.88. The minimum absolute atomic E-state index is 0.563. The zero-order chi connectivity index (χ0) is 49.4. The predicted molar refractivity (Wildman–Crippen MR) is 317 cm³/mol. The molecule has 350 valence electrons. The van der Waals surface area contributed by atoms with E-state index in [4.69, 9.17) is 0 Å². The molecule has 12 aromatic carbocycles. The van der Waals surface area contributed by atoms with Crippen LogP contribution in [0.5, 0.6) is 0 Å². The smallest absolute Gasteiger partial charge is 0.180 e. The van der Waals surface area contributed by atoms with Crippen molar-refractivity contribution >= 4 is 94.0 Å². The first-order chi connectivity index (χ1) is 37.1. The van der Waals surface area contributed by atoms with Crippen molar-refractivity contribution in [1.29, 1.82) is 0 Å². The second-order valence-electron chi connectivity index (χ2n) is 21.5. The highest BCUT2D eigenvalue weighted by molar-refractivity contribution is 7.22. The van der Waals surface area contributed by atoms with Crippen molar-refractivity contribution in [1.82, 2.24) is 9.13 Å². The molecule has 0 fully saturated rings. The van der Waals surface area contributed by atoms with Crippen molar-refractivity contribution in [2.24, 2.45) is 0 Å². The molecule has 17 rings (SSSR count). The molecule has 0 saturated carbocycles. The van der Waals surface area contributed by atoms with Gasteiger partial charge in [0, 0.05) is 37.7 Å². The topological polar surface area (TPSA) is 9.86 Å². The largest absolute Gasteiger partial charge is 0.309 e. The number of aryl methyl sites for hydroxylation is 1. The molecule has 2 aliphatic carbocycles. The first kappa shape index (κ1) is 41.5. The Bertz CT molecular complexity index is 4660. The van der Waals surface area contributed by atoms with Gasteiger partial charge < -0.3 is 9.13 Å². The van der Waals surface area contributed by atoms with Crippen molar-refractivity contribution in [2.45, 2.75) is 24.7 Å². The van der Waals surface area contributed by atoms with E-state index in [0.29, 0.717) is 0 Å². The third-order valence-electron chi connectivity index (χ3n) is 18.5. The van der Waals surface area contributed by atoms with Gasteiger partial charge in [-0.15, -0.1) is 0 Å². The summed E-state index contributed by atoms with van der Waals surface area (Å²) in [6, 6.07) is 98.1. The van der Waals surface area contributed by atoms with Crippen molar-refractivity contribution in [3.8, 4) is 22.5 Å². The van der Waals surface area contributed by atoms with Crippen LogP contribution in [0.4, 0.5) is 0 Å². The number of rotatable bonds is 5. The Hall–Kier alpha value is -9.02. The zero-order valence-corrected chi connectivity index (χ0v) is 42.6. The molecule has 0 N–H and O–H groups in total. The van der Waals surface area contributed by atoms with Gasteiger partial charge in [0.1, 0.15) is 0 Å². The summed E-state index contributed by atoms with van der Waals surface area (Å²) in [6.45, 7) is 4.98. The summed E-state index contributed by atoms with van der Waals surface area (Å²) in [5.41, 5.74) is 17.1. The molecule has 3 heterocycles. The number of aromatic nitrogens is 2. The number of hydrogen-bond donors (Lipinski definition) is 0. The summed E-state index contributed by atoms with van der Waals surface area (Å²) in [5.74, 6) is 0. The van der Waals surface area contributed by atoms with Gasteiger partial charge in [0.05, 0.1) is 38.9 Å². The predicted octanol–water partition coefficient (Wildman–Crippen LogP) is 14.8. The maximum absolute atomic E-state index is 2.88. The summed E-state index contributed by atoms with van der Waals surface area (Å²) in [5, 5.41) is 16.1. The van der Waals surface area contributed by atoms with Gasteiger partial charge in [-0.2, -0.15) is 0 Å². The third kappa shape index (κ3) is 4.79. The van der Waals surface area contributed by atoms with Crippen LogP contribution in [0, 0.1) is 6.92 Å². The molecule has 0 spiro atoms. The van der Waals surface area contributed by atoms with Crippen LogP contribution in [0.15, 0.2) is 255 Å². The third-order valence-corrected chi connectivity index (χ3v) is 23.4. The first-order valence-corrected chi connectivity index (χ1v) is 28.5. The van der Waals surface area contributed by atoms with Crippen LogP contribution < -0.4 is 20.7 Å². The van der Waals surface area contributed by atoms with E-state index in [0.717, 1.165) is 0 Å². The number of benzene rings is 12. The fourth-order valence-corrected chi connectivity index (χ4v) is 21.1. The van der Waals surface area contributed by atoms with Crippen molar-refractivity contribution in [2.75, 3.05) is 0 Å². The van der Waals surface area contributed by atoms with E-state index < -0.39 is 18.9 Å². The van der Waals surface area contributed by atoms with Crippen molar-refractivity contribution in [3.63, 3.8) is 0 Å². The molecular weight excluding hydrogens is 921 g/mol. The molecule has 14 aromatic rings. The van der Waals surface area contributed by atoms with Crippen LogP contribution in [-0.2, 0) is 10.8 Å². The highest BCUT2D eigenvalue weighted by atomic mass is 28.3. The Morgan fingerprint density at radius 2 is 0.693 bits per heavy atom. The fraction of sp³-hybridized carbons (Fsp3) is 0.0556. The minimum atomic E-state index is -2.88. The molecule has 75 heavy (non-hydrogen) atoms. The molecule has 3 aliphatic rings. The lowest BCUT2D eigenvalue weighted by molar-refractivity contribution is 0.409. The van der Waals surface area contributed by atoms with E-state index in [1.807, 2.05) is 0 Å². The van der Waals surface area contributed by atoms with Gasteiger partial charge in [-0.25, -0.2) is 0 Å². The Morgan fingerprint density at radius 3 is 1.21 bits per heavy atom. The average Bonchev–Trinajstić information content (AvgIpc) is 4.26. The Morgan fingerprint density at radius 1 is 0.307 bits per heavy atom. The van der Waals surface area contributed by atoms with Gasteiger partial charge >= 0.3 is 0 Å². The lowest BCUT2D eigenvalue weighted by Crippen LogP contribution is -2.72. The summed E-state index contributed by atoms with van der Waals surface area (Å²) >= 11 is 0. The van der Waals surface area contributed by atoms with E-state index >= 15 is 0 Å². The lowest BCUT2D eigenvalue weighted by Gasteiger charge is -2.52. The van der Waals surface area contributed by atoms with Crippen LogP contribution in [0.3, 0.4) is 0 Å². The number of hydrogen-bond acceptors (Lipinski definition) is 0. The molecule has 0 saturated heterocycles. The van der Waals surface area contributed by atoms with Crippen LogP contribution in [-0.4, -0.2) is 17.2 Å². The Labute approximate surface area is 436 Å². The molecule has 2 atom stereocenters. The number of nitrogens with zero attached hydrogens (tertiary/aromatic N) is 2. The monoisotopic (exact) mass is 968 g/mol. The first-order valence-electron chi connectivity index (χ1n) is 26.5. The van der Waals surface area contributed by atoms with Gasteiger partial charge in [0.15, 0.2) is 8.07 Å². The molecule has 3 heteroatoms. The van der Waals surface area contributed by atoms with E-state index in [1.54, 1.807) is 0 Å². The zero-order valence-electron chi connectivity index (χ0n) is 41.6. The highest BCUT2D eigenvalue weighted by Gasteiger charge is 2.66. The second kappa shape index (κ2) is 14.6. The van der Waals surface area contributed by atoms with Crippen LogP contribution in [0.1, 0.15) is 40.3 Å². The maximum Gasteiger partial charge on any atom is 0.180 e. The molecule has 1 aliphatic heterocycles. The minimum Gasteiger partial charge on any atom is -0.309 e. The molecule has 0 radical (unpaired) electrons. The van der Waals surface area contributed by atoms with E-state index in [1.165, 1.54) is 142 Å². The van der Waals surface area contributed by atoms with Crippen LogP contribution in [0.25, 0.3) is 87.7 Å². The number of para-hydroxylation sites is 4. The van der Waals surface area contributed by atoms with Gasteiger partial charge in [-0.1, -0.05) is 218 Å². The van der Waals surface area contributed by atoms with E-state index in [9.17, 15) is 0 Å². The molecule has 2 unspecified atom stereocenters. The average molecular weight is 969 g/mol. The summed E-state index contributed by atoms with van der Waals surface area (Å²) < 4.78 is 5.06. The summed E-state index contributed by atoms with van der Waals surface area (Å²) in [6.07, 6.45) is 0. The van der Waals surface area contributed by atoms with Crippen LogP contribution >= 0.6 is 0 Å². The summed E-state index contributed by atoms with van der Waals surface area (Å²) in [4.78, 5) is 0. The maximum atomic E-state index is 2.63. The van der Waals surface area contributed by atoms with Gasteiger partial charge in [0.2, 0.25) is 0 Å². The molecule has 0 amide bonds. The molecule has 2 nitrogen and oxygen atoms in total. The lowest BCUT2D eigenvalue weighted by atomic mass is 9.49. The van der Waals surface area contributed by atoms with Crippen molar-refractivity contribution < 1.29 is 0 Å². The number of fused-ring (bicyclic) bond motifs is 12. The van der Waals surface area contributed by atoms with E-state index in [2.05, 4.69) is 278 Å². The normalized spacial score (nSPS) is 17.7. The SMILES string of the molecule is Cc1cccc2c(-n3c4ccccc4c4ccccc43)ccc(C34c5cccc6c5-c5c(cccc5[Si]6(c5ccccc5)c5ccccc5)C3(C)c3cccc5c(-n6c7ccccc7c7ccccc76)ccc4c35)c12. The highest BCUT2D eigenvalue weighted by Crippen LogP contribution is 2.69.